The maximum Gasteiger partial charge on any atom is -0.0321 e. The number of rotatable bonds is 8. The van der Waals surface area contributed by atoms with Crippen molar-refractivity contribution in [3.05, 3.63) is 0 Å². The maximum absolute atomic E-state index is 2.53. The van der Waals surface area contributed by atoms with Gasteiger partial charge in [0.1, 0.15) is 0 Å². The van der Waals surface area contributed by atoms with Crippen LogP contribution in [0.4, 0.5) is 0 Å². The van der Waals surface area contributed by atoms with Gasteiger partial charge in [0.2, 0.25) is 0 Å². The summed E-state index contributed by atoms with van der Waals surface area (Å²) in [5.74, 6) is 1.92. The molecular weight excluding hydrogens is 204 g/mol. The number of hydrogen-bond acceptors (Lipinski definition) is 0. The smallest absolute Gasteiger partial charge is 0.0321 e. The van der Waals surface area contributed by atoms with Crippen molar-refractivity contribution in [1.82, 2.24) is 0 Å². The van der Waals surface area contributed by atoms with E-state index in [1.54, 1.807) is 0 Å². The fourth-order valence-electron chi connectivity index (χ4n) is 3.28. The Morgan fingerprint density at radius 2 is 1.71 bits per heavy atom. The highest BCUT2D eigenvalue weighted by atomic mass is 14.4. The minimum absolute atomic E-state index is 0.532. The van der Waals surface area contributed by atoms with Crippen LogP contribution in [0.3, 0.4) is 0 Å². The molecule has 0 aliphatic heterocycles. The van der Waals surface area contributed by atoms with Crippen LogP contribution < -0.4 is 0 Å². The first-order valence-corrected chi connectivity index (χ1v) is 7.76. The molecule has 1 rings (SSSR count). The van der Waals surface area contributed by atoms with E-state index in [0.29, 0.717) is 10.8 Å². The molecule has 17 heavy (non-hydrogen) atoms. The summed E-state index contributed by atoms with van der Waals surface area (Å²) in [6, 6.07) is 0. The predicted octanol–water partition coefficient (Wildman–Crippen LogP) is 6.06. The van der Waals surface area contributed by atoms with E-state index in [9.17, 15) is 0 Å². The molecule has 0 aromatic heterocycles. The summed E-state index contributed by atoms with van der Waals surface area (Å²) in [6.07, 6.45) is 10.0. The quantitative estimate of drug-likeness (QED) is 0.482. The Morgan fingerprint density at radius 1 is 1.12 bits per heavy atom. The lowest BCUT2D eigenvalue weighted by molar-refractivity contribution is 0.136. The minimum atomic E-state index is 0.532. The monoisotopic (exact) mass is 238 g/mol. The molecule has 1 aliphatic rings. The average molecular weight is 238 g/mol. The highest BCUT2D eigenvalue weighted by molar-refractivity contribution is 4.87. The molecule has 102 valence electrons. The van der Waals surface area contributed by atoms with Gasteiger partial charge in [0.05, 0.1) is 0 Å². The van der Waals surface area contributed by atoms with Crippen molar-refractivity contribution < 1.29 is 0 Å². The fourth-order valence-corrected chi connectivity index (χ4v) is 3.28. The SMILES string of the molecule is CCC(C)(CC1CC1)CC(C)(C)CCC(C)C. The molecule has 1 fully saturated rings. The van der Waals surface area contributed by atoms with Gasteiger partial charge in [-0.15, -0.1) is 0 Å². The van der Waals surface area contributed by atoms with Crippen LogP contribution in [0.15, 0.2) is 0 Å². The van der Waals surface area contributed by atoms with Gasteiger partial charge in [-0.1, -0.05) is 67.2 Å². The van der Waals surface area contributed by atoms with E-state index >= 15 is 0 Å². The van der Waals surface area contributed by atoms with Crippen molar-refractivity contribution in [2.75, 3.05) is 0 Å². The Morgan fingerprint density at radius 3 is 2.12 bits per heavy atom. The second kappa shape index (κ2) is 5.76. The third-order valence-corrected chi connectivity index (χ3v) is 4.64. The summed E-state index contributed by atoms with van der Waals surface area (Å²) in [6.45, 7) is 14.6. The van der Waals surface area contributed by atoms with Crippen molar-refractivity contribution in [1.29, 1.82) is 0 Å². The zero-order valence-corrected chi connectivity index (χ0v) is 13.1. The van der Waals surface area contributed by atoms with Crippen molar-refractivity contribution in [3.63, 3.8) is 0 Å². The molecule has 1 atom stereocenters. The summed E-state index contributed by atoms with van der Waals surface area (Å²) in [5.41, 5.74) is 1.13. The van der Waals surface area contributed by atoms with Crippen molar-refractivity contribution in [2.45, 2.75) is 86.5 Å². The van der Waals surface area contributed by atoms with Gasteiger partial charge in [0.15, 0.2) is 0 Å². The maximum atomic E-state index is 2.53. The summed E-state index contributed by atoms with van der Waals surface area (Å²) in [5, 5.41) is 0. The van der Waals surface area contributed by atoms with Gasteiger partial charge in [-0.3, -0.25) is 0 Å². The van der Waals surface area contributed by atoms with Gasteiger partial charge in [-0.05, 0) is 41.9 Å². The van der Waals surface area contributed by atoms with Crippen molar-refractivity contribution in [2.24, 2.45) is 22.7 Å². The summed E-state index contributed by atoms with van der Waals surface area (Å²) >= 11 is 0. The molecule has 0 spiro atoms. The standard InChI is InChI=1S/C17H34/c1-7-17(6,12-15-8-9-15)13-16(4,5)11-10-14(2)3/h14-15H,7-13H2,1-6H3. The first-order chi connectivity index (χ1) is 7.76. The second-order valence-electron chi connectivity index (χ2n) is 8.09. The molecule has 0 heteroatoms. The van der Waals surface area contributed by atoms with E-state index in [1.807, 2.05) is 0 Å². The summed E-state index contributed by atoms with van der Waals surface area (Å²) in [7, 11) is 0. The molecule has 1 unspecified atom stereocenters. The van der Waals surface area contributed by atoms with Gasteiger partial charge in [0.25, 0.3) is 0 Å². The molecule has 0 aromatic carbocycles. The van der Waals surface area contributed by atoms with Crippen LogP contribution in [0.1, 0.15) is 86.5 Å². The van der Waals surface area contributed by atoms with Gasteiger partial charge in [-0.25, -0.2) is 0 Å². The molecule has 0 saturated heterocycles. The molecule has 0 nitrogen and oxygen atoms in total. The zero-order valence-electron chi connectivity index (χ0n) is 13.1. The highest BCUT2D eigenvalue weighted by Gasteiger charge is 2.36. The van der Waals surface area contributed by atoms with Crippen molar-refractivity contribution >= 4 is 0 Å². The summed E-state index contributed by atoms with van der Waals surface area (Å²) < 4.78 is 0. The second-order valence-corrected chi connectivity index (χ2v) is 8.09. The Kier molecular flexibility index (Phi) is 5.10. The van der Waals surface area contributed by atoms with E-state index in [2.05, 4.69) is 41.5 Å². The van der Waals surface area contributed by atoms with Gasteiger partial charge in [0, 0.05) is 0 Å². The lowest BCUT2D eigenvalue weighted by Gasteiger charge is -2.38. The largest absolute Gasteiger partial charge is 0.0649 e. The number of hydrogen-bond donors (Lipinski definition) is 0. The molecule has 0 N–H and O–H groups in total. The first kappa shape index (κ1) is 15.1. The van der Waals surface area contributed by atoms with Crippen LogP contribution in [-0.4, -0.2) is 0 Å². The zero-order chi connectivity index (χ0) is 13.1. The Hall–Kier alpha value is 0. The Balaban J connectivity index is 2.46. The van der Waals surface area contributed by atoms with Gasteiger partial charge in [-0.2, -0.15) is 0 Å². The third kappa shape index (κ3) is 5.93. The normalized spacial score (nSPS) is 20.6. The van der Waals surface area contributed by atoms with E-state index in [0.717, 1.165) is 11.8 Å². The molecule has 0 heterocycles. The van der Waals surface area contributed by atoms with Crippen LogP contribution >= 0.6 is 0 Å². The van der Waals surface area contributed by atoms with Crippen LogP contribution in [0.2, 0.25) is 0 Å². The summed E-state index contributed by atoms with van der Waals surface area (Å²) in [4.78, 5) is 0. The van der Waals surface area contributed by atoms with E-state index in [1.165, 1.54) is 44.9 Å². The van der Waals surface area contributed by atoms with Crippen LogP contribution in [0, 0.1) is 22.7 Å². The molecular formula is C17H34. The molecule has 1 aliphatic carbocycles. The van der Waals surface area contributed by atoms with E-state index in [4.69, 9.17) is 0 Å². The predicted molar refractivity (Wildman–Crippen MR) is 78.2 cm³/mol. The van der Waals surface area contributed by atoms with Crippen molar-refractivity contribution in [3.8, 4) is 0 Å². The lowest BCUT2D eigenvalue weighted by Crippen LogP contribution is -2.26. The van der Waals surface area contributed by atoms with Crippen LogP contribution in [0.5, 0.6) is 0 Å². The highest BCUT2D eigenvalue weighted by Crippen LogP contribution is 2.48. The minimum Gasteiger partial charge on any atom is -0.0649 e. The lowest BCUT2D eigenvalue weighted by atomic mass is 9.68. The van der Waals surface area contributed by atoms with Crippen LogP contribution in [0.25, 0.3) is 0 Å². The molecule has 0 amide bonds. The topological polar surface area (TPSA) is 0 Å². The van der Waals surface area contributed by atoms with Crippen LogP contribution in [-0.2, 0) is 0 Å². The fraction of sp³-hybridized carbons (Fsp3) is 1.00. The van der Waals surface area contributed by atoms with E-state index < -0.39 is 0 Å². The first-order valence-electron chi connectivity index (χ1n) is 7.76. The van der Waals surface area contributed by atoms with E-state index in [-0.39, 0.29) is 0 Å². The molecule has 0 bridgehead atoms. The van der Waals surface area contributed by atoms with Gasteiger partial charge < -0.3 is 0 Å². The molecule has 0 aromatic rings. The Bertz CT molecular complexity index is 222. The van der Waals surface area contributed by atoms with Gasteiger partial charge >= 0.3 is 0 Å². The average Bonchev–Trinajstić information content (AvgIpc) is 2.98. The molecule has 0 radical (unpaired) electrons. The third-order valence-electron chi connectivity index (χ3n) is 4.64. The molecule has 1 saturated carbocycles. The Labute approximate surface area is 110 Å².